The van der Waals surface area contributed by atoms with Crippen molar-refractivity contribution < 1.29 is 22.4 Å². The van der Waals surface area contributed by atoms with Gasteiger partial charge in [-0.3, -0.25) is 0 Å². The van der Waals surface area contributed by atoms with Crippen molar-refractivity contribution in [3.63, 3.8) is 0 Å². The van der Waals surface area contributed by atoms with Crippen molar-refractivity contribution in [2.24, 2.45) is 5.73 Å². The maximum atomic E-state index is 9.32. The van der Waals surface area contributed by atoms with Crippen molar-refractivity contribution in [2.45, 2.75) is 142 Å². The lowest BCUT2D eigenvalue weighted by atomic mass is 10.0. The molecule has 0 amide bonds. The first-order chi connectivity index (χ1) is 15.8. The summed E-state index contributed by atoms with van der Waals surface area (Å²) in [4.78, 5) is 4.13. The first-order valence-corrected chi connectivity index (χ1v) is 14.7. The third-order valence-corrected chi connectivity index (χ3v) is 7.57. The fraction of sp³-hybridized carbons (Fsp3) is 1.00. The number of β-amino-alcohol motifs (C(OH)–C–C–N with tert-alkyl or cyclic N) is 1. The van der Waals surface area contributed by atoms with Crippen molar-refractivity contribution in [3.05, 3.63) is 0 Å². The summed E-state index contributed by atoms with van der Waals surface area (Å²) in [6, 6.07) is 0. The number of hydrogen-bond acceptors (Lipinski definition) is 3. The normalized spacial score (nSPS) is 18.6. The van der Waals surface area contributed by atoms with Gasteiger partial charge in [-0.1, -0.05) is 122 Å². The predicted octanol–water partition coefficient (Wildman–Crippen LogP) is 2.29. The second-order valence-electron chi connectivity index (χ2n) is 10.4. The van der Waals surface area contributed by atoms with Gasteiger partial charge in [0.1, 0.15) is 6.17 Å². The van der Waals surface area contributed by atoms with Gasteiger partial charge in [-0.15, -0.1) is 0 Å². The zero-order valence-electron chi connectivity index (χ0n) is 22.3. The Bertz CT molecular complexity index is 372. The van der Waals surface area contributed by atoms with Gasteiger partial charge in [-0.25, -0.2) is 4.90 Å². The quantitative estimate of drug-likeness (QED) is 0.182. The van der Waals surface area contributed by atoms with E-state index in [1.807, 2.05) is 0 Å². The molecule has 2 unspecified atom stereocenters. The van der Waals surface area contributed by atoms with Crippen LogP contribution in [0.15, 0.2) is 0 Å². The van der Waals surface area contributed by atoms with Crippen molar-refractivity contribution in [1.29, 1.82) is 0 Å². The summed E-state index contributed by atoms with van der Waals surface area (Å²) in [5.41, 5.74) is 5.80. The number of aliphatic hydroxyl groups excluding tert-OH is 1. The summed E-state index contributed by atoms with van der Waals surface area (Å²) in [7, 11) is 0. The molecule has 1 fully saturated rings. The van der Waals surface area contributed by atoms with Crippen molar-refractivity contribution in [1.82, 2.24) is 4.90 Å². The van der Waals surface area contributed by atoms with Gasteiger partial charge in [0.05, 0.1) is 26.2 Å². The number of nitrogens with zero attached hydrogens (tertiary/aromatic N) is 1. The highest BCUT2D eigenvalue weighted by Gasteiger charge is 2.33. The topological polar surface area (TPSA) is 53.9 Å². The second-order valence-corrected chi connectivity index (χ2v) is 10.4. The van der Waals surface area contributed by atoms with Gasteiger partial charge in [0.25, 0.3) is 0 Å². The number of aliphatic hydroxyl groups is 1. The van der Waals surface area contributed by atoms with E-state index in [1.165, 1.54) is 135 Å². The van der Waals surface area contributed by atoms with Gasteiger partial charge in [-0.2, -0.15) is 0 Å². The molecular weight excluding hydrogens is 430 g/mol. The maximum absolute atomic E-state index is 9.32. The minimum atomic E-state index is 0. The fourth-order valence-corrected chi connectivity index (χ4v) is 5.54. The van der Waals surface area contributed by atoms with Crippen molar-refractivity contribution >= 4 is 0 Å². The predicted molar refractivity (Wildman–Crippen MR) is 140 cm³/mol. The maximum Gasteiger partial charge on any atom is 0.144 e. The van der Waals surface area contributed by atoms with Crippen LogP contribution in [0.25, 0.3) is 0 Å². The van der Waals surface area contributed by atoms with Crippen LogP contribution < -0.4 is 23.0 Å². The van der Waals surface area contributed by atoms with E-state index < -0.39 is 0 Å². The number of unbranched alkanes of at least 4 members (excludes halogenated alkanes) is 18. The van der Waals surface area contributed by atoms with E-state index in [4.69, 9.17) is 5.73 Å². The number of rotatable bonds is 24. The lowest BCUT2D eigenvalue weighted by molar-refractivity contribution is -0.917. The van der Waals surface area contributed by atoms with E-state index in [0.717, 1.165) is 26.2 Å². The molecule has 0 spiro atoms. The summed E-state index contributed by atoms with van der Waals surface area (Å²) in [6.45, 7) is 7.58. The van der Waals surface area contributed by atoms with E-state index in [2.05, 4.69) is 11.8 Å². The minimum Gasteiger partial charge on any atom is -1.00 e. The van der Waals surface area contributed by atoms with Gasteiger partial charge in [0, 0.05) is 19.5 Å². The van der Waals surface area contributed by atoms with Crippen LogP contribution in [0.2, 0.25) is 0 Å². The number of nitrogens with one attached hydrogen (secondary N) is 1. The minimum absolute atomic E-state index is 0. The van der Waals surface area contributed by atoms with Crippen LogP contribution in [0.3, 0.4) is 0 Å². The molecule has 2 atom stereocenters. The Hall–Kier alpha value is 0.130. The molecule has 0 saturated carbocycles. The third kappa shape index (κ3) is 18.1. The van der Waals surface area contributed by atoms with Gasteiger partial charge in [-0.05, 0) is 6.42 Å². The van der Waals surface area contributed by atoms with Crippen LogP contribution in [0.4, 0.5) is 0 Å². The standard InChI is InChI=1S/C28H59N3O.ClH/c1-2-3-4-5-6-7-8-9-10-11-12-13-14-15-16-17-18-19-20-21-28-30(23-22-29)24-25-31(28)26-27-32;/h28,32H,2-27,29H2,1H3;1H. The first-order valence-electron chi connectivity index (χ1n) is 14.7. The first kappa shape index (κ1) is 33.1. The van der Waals surface area contributed by atoms with Crippen molar-refractivity contribution in [2.75, 3.05) is 39.3 Å². The van der Waals surface area contributed by atoms with Crippen molar-refractivity contribution in [3.8, 4) is 0 Å². The van der Waals surface area contributed by atoms with E-state index in [-0.39, 0.29) is 19.0 Å². The molecule has 0 bridgehead atoms. The monoisotopic (exact) mass is 489 g/mol. The highest BCUT2D eigenvalue weighted by atomic mass is 35.5. The zero-order chi connectivity index (χ0) is 23.1. The molecule has 1 heterocycles. The number of quaternary nitrogens is 1. The number of nitrogens with two attached hydrogens (primary N) is 1. The summed E-state index contributed by atoms with van der Waals surface area (Å²) in [5.74, 6) is 0. The Morgan fingerprint density at radius 1 is 0.727 bits per heavy atom. The molecule has 200 valence electrons. The smallest absolute Gasteiger partial charge is 0.144 e. The molecule has 0 aromatic heterocycles. The van der Waals surface area contributed by atoms with Crippen LogP contribution >= 0.6 is 0 Å². The third-order valence-electron chi connectivity index (χ3n) is 7.57. The molecule has 4 N–H and O–H groups in total. The summed E-state index contributed by atoms with van der Waals surface area (Å²) >= 11 is 0. The molecule has 0 aromatic carbocycles. The Balaban J connectivity index is 0.0000102. The zero-order valence-corrected chi connectivity index (χ0v) is 23.1. The van der Waals surface area contributed by atoms with Gasteiger partial charge >= 0.3 is 0 Å². The molecular formula is C28H60ClN3O. The van der Waals surface area contributed by atoms with Gasteiger partial charge in [0.15, 0.2) is 0 Å². The summed E-state index contributed by atoms with van der Waals surface area (Å²) in [5, 5.41) is 9.32. The average molecular weight is 490 g/mol. The van der Waals surface area contributed by atoms with E-state index >= 15 is 0 Å². The lowest BCUT2D eigenvalue weighted by Crippen LogP contribution is -3.15. The highest BCUT2D eigenvalue weighted by molar-refractivity contribution is 4.68. The highest BCUT2D eigenvalue weighted by Crippen LogP contribution is 2.15. The van der Waals surface area contributed by atoms with Crippen LogP contribution in [-0.2, 0) is 0 Å². The Kier molecular flexibility index (Phi) is 25.3. The van der Waals surface area contributed by atoms with Crippen LogP contribution in [-0.4, -0.2) is 55.5 Å². The Morgan fingerprint density at radius 3 is 1.55 bits per heavy atom. The Labute approximate surface area is 213 Å². The number of halogens is 1. The van der Waals surface area contributed by atoms with E-state index in [9.17, 15) is 5.11 Å². The average Bonchev–Trinajstić information content (AvgIpc) is 3.17. The molecule has 1 aliphatic heterocycles. The SMILES string of the molecule is CCCCCCCCCCCCCCCCCCCCCC1N(CCO)CC[NH+]1CCN.[Cl-]. The molecule has 0 aliphatic carbocycles. The largest absolute Gasteiger partial charge is 1.00 e. The van der Waals surface area contributed by atoms with Gasteiger partial charge in [0.2, 0.25) is 0 Å². The molecule has 0 radical (unpaired) electrons. The molecule has 5 heteroatoms. The molecule has 0 aromatic rings. The molecule has 33 heavy (non-hydrogen) atoms. The lowest BCUT2D eigenvalue weighted by Gasteiger charge is -2.26. The van der Waals surface area contributed by atoms with Crippen LogP contribution in [0.5, 0.6) is 0 Å². The van der Waals surface area contributed by atoms with E-state index in [0.29, 0.717) is 6.17 Å². The molecule has 1 rings (SSSR count). The number of hydrogen-bond donors (Lipinski definition) is 3. The fourth-order valence-electron chi connectivity index (χ4n) is 5.54. The van der Waals surface area contributed by atoms with Crippen LogP contribution in [0.1, 0.15) is 135 Å². The Morgan fingerprint density at radius 2 is 1.15 bits per heavy atom. The summed E-state index contributed by atoms with van der Waals surface area (Å²) < 4.78 is 0. The summed E-state index contributed by atoms with van der Waals surface area (Å²) in [6.07, 6.45) is 29.2. The molecule has 1 saturated heterocycles. The molecule has 1 aliphatic rings. The van der Waals surface area contributed by atoms with Crippen LogP contribution in [0, 0.1) is 0 Å². The van der Waals surface area contributed by atoms with Gasteiger partial charge < -0.3 is 28.1 Å². The second kappa shape index (κ2) is 25.2. The van der Waals surface area contributed by atoms with E-state index in [1.54, 1.807) is 4.90 Å². The molecule has 4 nitrogen and oxygen atoms in total.